The number of carbonyl (C=O) groups excluding carboxylic acids is 1. The van der Waals surface area contributed by atoms with Gasteiger partial charge in [0, 0.05) is 5.69 Å². The molecule has 0 atom stereocenters. The third-order valence-electron chi connectivity index (χ3n) is 3.93. The van der Waals surface area contributed by atoms with E-state index in [1.54, 1.807) is 6.21 Å². The van der Waals surface area contributed by atoms with Crippen molar-refractivity contribution in [3.05, 3.63) is 63.7 Å². The summed E-state index contributed by atoms with van der Waals surface area (Å²) >= 11 is 0. The van der Waals surface area contributed by atoms with Gasteiger partial charge in [0.15, 0.2) is 0 Å². The van der Waals surface area contributed by atoms with Crippen molar-refractivity contribution in [1.82, 2.24) is 5.43 Å². The Kier molecular flexibility index (Phi) is 5.74. The summed E-state index contributed by atoms with van der Waals surface area (Å²) < 4.78 is 0. The Hall–Kier alpha value is -2.62. The van der Waals surface area contributed by atoms with Crippen molar-refractivity contribution in [2.45, 2.75) is 34.6 Å². The lowest BCUT2D eigenvalue weighted by molar-refractivity contribution is -0.119. The number of nitrogens with one attached hydrogen (secondary N) is 2. The Balaban J connectivity index is 1.92. The highest BCUT2D eigenvalue weighted by Crippen LogP contribution is 2.21. The maximum Gasteiger partial charge on any atom is 0.259 e. The first-order chi connectivity index (χ1) is 11.4. The maximum absolute atomic E-state index is 12.0. The van der Waals surface area contributed by atoms with E-state index in [9.17, 15) is 4.79 Å². The van der Waals surface area contributed by atoms with Gasteiger partial charge in [0.2, 0.25) is 0 Å². The summed E-state index contributed by atoms with van der Waals surface area (Å²) in [4.78, 5) is 12.0. The van der Waals surface area contributed by atoms with Gasteiger partial charge in [-0.15, -0.1) is 0 Å². The fourth-order valence-electron chi connectivity index (χ4n) is 2.74. The number of amides is 1. The van der Waals surface area contributed by atoms with Gasteiger partial charge in [0.05, 0.1) is 12.8 Å². The van der Waals surface area contributed by atoms with Crippen LogP contribution in [0.4, 0.5) is 5.69 Å². The van der Waals surface area contributed by atoms with Crippen molar-refractivity contribution < 1.29 is 4.79 Å². The van der Waals surface area contributed by atoms with E-state index >= 15 is 0 Å². The van der Waals surface area contributed by atoms with Crippen LogP contribution in [0.2, 0.25) is 0 Å². The molecule has 0 aliphatic heterocycles. The first-order valence-corrected chi connectivity index (χ1v) is 8.07. The highest BCUT2D eigenvalue weighted by atomic mass is 16.2. The van der Waals surface area contributed by atoms with Gasteiger partial charge >= 0.3 is 0 Å². The summed E-state index contributed by atoms with van der Waals surface area (Å²) in [6.07, 6.45) is 1.68. The van der Waals surface area contributed by atoms with E-state index in [2.05, 4.69) is 41.0 Å². The Morgan fingerprint density at radius 1 is 0.958 bits per heavy atom. The minimum Gasteiger partial charge on any atom is -0.376 e. The molecule has 0 aliphatic rings. The predicted molar refractivity (Wildman–Crippen MR) is 101 cm³/mol. The fourth-order valence-corrected chi connectivity index (χ4v) is 2.74. The van der Waals surface area contributed by atoms with Gasteiger partial charge in [-0.25, -0.2) is 5.43 Å². The summed E-state index contributed by atoms with van der Waals surface area (Å²) in [6.45, 7) is 10.4. The molecule has 0 bridgehead atoms. The van der Waals surface area contributed by atoms with E-state index in [1.165, 1.54) is 11.1 Å². The molecule has 0 heterocycles. The Morgan fingerprint density at radius 2 is 1.62 bits per heavy atom. The summed E-state index contributed by atoms with van der Waals surface area (Å²) in [5.41, 5.74) is 10.4. The molecule has 0 fully saturated rings. The zero-order valence-electron chi connectivity index (χ0n) is 15.0. The number of carbonyl (C=O) groups is 1. The standard InChI is InChI=1S/C20H25N3O/c1-13-6-7-15(3)18(10-13)11-22-23-19(24)12-21-20-16(4)8-14(2)9-17(20)5/h6-11,21H,12H2,1-5H3,(H,23,24)/b22-11-. The number of anilines is 1. The molecule has 0 radical (unpaired) electrons. The lowest BCUT2D eigenvalue weighted by atomic mass is 10.1. The van der Waals surface area contributed by atoms with Crippen molar-refractivity contribution in [1.29, 1.82) is 0 Å². The number of benzene rings is 2. The third kappa shape index (κ3) is 4.69. The Bertz CT molecular complexity index is 755. The maximum atomic E-state index is 12.0. The molecule has 4 heteroatoms. The molecule has 2 aromatic rings. The first kappa shape index (κ1) is 17.7. The second-order valence-electron chi connectivity index (χ2n) is 6.28. The van der Waals surface area contributed by atoms with E-state index < -0.39 is 0 Å². The van der Waals surface area contributed by atoms with Crippen LogP contribution in [0.1, 0.15) is 33.4 Å². The minimum atomic E-state index is -0.170. The van der Waals surface area contributed by atoms with E-state index in [4.69, 9.17) is 0 Å². The largest absolute Gasteiger partial charge is 0.376 e. The van der Waals surface area contributed by atoms with Gasteiger partial charge in [-0.05, 0) is 56.9 Å². The van der Waals surface area contributed by atoms with Crippen molar-refractivity contribution in [2.24, 2.45) is 5.10 Å². The van der Waals surface area contributed by atoms with Gasteiger partial charge in [-0.3, -0.25) is 4.79 Å². The summed E-state index contributed by atoms with van der Waals surface area (Å²) in [5.74, 6) is -0.170. The zero-order valence-corrected chi connectivity index (χ0v) is 15.0. The van der Waals surface area contributed by atoms with Gasteiger partial charge in [-0.2, -0.15) is 5.10 Å². The van der Waals surface area contributed by atoms with Gasteiger partial charge in [0.1, 0.15) is 0 Å². The van der Waals surface area contributed by atoms with Gasteiger partial charge in [0.25, 0.3) is 5.91 Å². The first-order valence-electron chi connectivity index (χ1n) is 8.07. The van der Waals surface area contributed by atoms with Gasteiger partial charge in [-0.1, -0.05) is 41.5 Å². The van der Waals surface area contributed by atoms with Crippen molar-refractivity contribution >= 4 is 17.8 Å². The average Bonchev–Trinajstić information content (AvgIpc) is 2.49. The van der Waals surface area contributed by atoms with E-state index in [0.717, 1.165) is 27.9 Å². The highest BCUT2D eigenvalue weighted by Gasteiger charge is 2.06. The number of hydrogen-bond acceptors (Lipinski definition) is 3. The average molecular weight is 323 g/mol. The monoisotopic (exact) mass is 323 g/mol. The number of aryl methyl sites for hydroxylation is 5. The molecule has 1 amide bonds. The molecule has 2 aromatic carbocycles. The molecule has 0 saturated heterocycles. The second kappa shape index (κ2) is 7.77. The molecular formula is C20H25N3O. The predicted octanol–water partition coefficient (Wildman–Crippen LogP) is 3.79. The number of rotatable bonds is 5. The summed E-state index contributed by atoms with van der Waals surface area (Å²) in [6, 6.07) is 10.4. The topological polar surface area (TPSA) is 53.5 Å². The van der Waals surface area contributed by atoms with Crippen molar-refractivity contribution in [2.75, 3.05) is 11.9 Å². The fraction of sp³-hybridized carbons (Fsp3) is 0.300. The molecule has 0 aromatic heterocycles. The molecule has 0 aliphatic carbocycles. The molecule has 2 rings (SSSR count). The van der Waals surface area contributed by atoms with Crippen LogP contribution in [0.25, 0.3) is 0 Å². The molecule has 2 N–H and O–H groups in total. The van der Waals surface area contributed by atoms with Crippen LogP contribution in [-0.4, -0.2) is 18.7 Å². The lowest BCUT2D eigenvalue weighted by Crippen LogP contribution is -2.26. The van der Waals surface area contributed by atoms with E-state index in [1.807, 2.05) is 39.8 Å². The molecule has 4 nitrogen and oxygen atoms in total. The van der Waals surface area contributed by atoms with Gasteiger partial charge < -0.3 is 5.32 Å². The van der Waals surface area contributed by atoms with E-state index in [-0.39, 0.29) is 12.5 Å². The molecule has 0 saturated carbocycles. The van der Waals surface area contributed by atoms with Crippen LogP contribution in [0.15, 0.2) is 35.4 Å². The summed E-state index contributed by atoms with van der Waals surface area (Å²) in [7, 11) is 0. The van der Waals surface area contributed by atoms with Crippen LogP contribution in [0.5, 0.6) is 0 Å². The molecule has 24 heavy (non-hydrogen) atoms. The number of hydrogen-bond donors (Lipinski definition) is 2. The minimum absolute atomic E-state index is 0.170. The molecule has 0 spiro atoms. The smallest absolute Gasteiger partial charge is 0.259 e. The van der Waals surface area contributed by atoms with Crippen molar-refractivity contribution in [3.8, 4) is 0 Å². The zero-order chi connectivity index (χ0) is 17.7. The van der Waals surface area contributed by atoms with Crippen molar-refractivity contribution in [3.63, 3.8) is 0 Å². The Morgan fingerprint density at radius 3 is 2.29 bits per heavy atom. The Labute approximate surface area is 144 Å². The third-order valence-corrected chi connectivity index (χ3v) is 3.93. The SMILES string of the molecule is Cc1cc(C)c(NCC(=O)N/N=C\c2cc(C)ccc2C)c(C)c1. The molecular weight excluding hydrogens is 298 g/mol. The normalized spacial score (nSPS) is 10.9. The van der Waals surface area contributed by atoms with Crippen LogP contribution in [0.3, 0.4) is 0 Å². The van der Waals surface area contributed by atoms with Crippen LogP contribution in [-0.2, 0) is 4.79 Å². The summed E-state index contributed by atoms with van der Waals surface area (Å²) in [5, 5.41) is 7.24. The van der Waals surface area contributed by atoms with Crippen LogP contribution in [0, 0.1) is 34.6 Å². The molecule has 126 valence electrons. The lowest BCUT2D eigenvalue weighted by Gasteiger charge is -2.13. The number of hydrazone groups is 1. The quantitative estimate of drug-likeness (QED) is 0.650. The van der Waals surface area contributed by atoms with Crippen LogP contribution < -0.4 is 10.7 Å². The second-order valence-corrected chi connectivity index (χ2v) is 6.28. The van der Waals surface area contributed by atoms with E-state index in [0.29, 0.717) is 0 Å². The van der Waals surface area contributed by atoms with Crippen LogP contribution >= 0.6 is 0 Å². The highest BCUT2D eigenvalue weighted by molar-refractivity contribution is 5.85. The molecule has 0 unspecified atom stereocenters. The number of nitrogens with zero attached hydrogens (tertiary/aromatic N) is 1.